The van der Waals surface area contributed by atoms with Gasteiger partial charge < -0.3 is 10.2 Å². The van der Waals surface area contributed by atoms with Gasteiger partial charge in [-0.05, 0) is 145 Å². The highest BCUT2D eigenvalue weighted by Crippen LogP contribution is 2.77. The number of carbonyl (C=O) groups is 1. The van der Waals surface area contributed by atoms with Crippen LogP contribution >= 0.6 is 0 Å². The molecule has 5 aliphatic rings. The lowest BCUT2D eigenvalue weighted by atomic mass is 9.32. The molecule has 5 aliphatic carbocycles. The number of aliphatic hydroxyl groups excluding tert-OH is 1. The summed E-state index contributed by atoms with van der Waals surface area (Å²) in [5.74, 6) is 0.928. The Hall–Kier alpha value is -1.94. The monoisotopic (exact) mass is 562 g/mol. The molecule has 9 atom stereocenters. The fraction of sp³-hybridized carbons (Fsp3) is 0.703. The Labute approximate surface area is 246 Å². The lowest BCUT2D eigenvalue weighted by molar-refractivity contribution is -0.228. The number of allylic oxidation sites excluding steroid dienone is 3. The van der Waals surface area contributed by atoms with E-state index in [2.05, 4.69) is 54.2 Å². The summed E-state index contributed by atoms with van der Waals surface area (Å²) in [6.45, 7) is 19.5. The van der Waals surface area contributed by atoms with Crippen LogP contribution in [0.25, 0.3) is 5.57 Å². The SMILES string of the molecule is C=C(C)[C@@H]1CC[C@]2(CO)CC[C@]3(C)[C@H](CC[C@@H]4[C@@]5(C)CC=C(c6ccc(C(=O)O)c(F)c6)C(C)(C)[C@@H]5CC[C@]43C)[C@@H]12. The maximum Gasteiger partial charge on any atom is 0.338 e. The van der Waals surface area contributed by atoms with Crippen molar-refractivity contribution in [1.29, 1.82) is 0 Å². The molecular weight excluding hydrogens is 511 g/mol. The van der Waals surface area contributed by atoms with Gasteiger partial charge >= 0.3 is 5.97 Å². The van der Waals surface area contributed by atoms with Crippen molar-refractivity contribution in [1.82, 2.24) is 0 Å². The summed E-state index contributed by atoms with van der Waals surface area (Å²) in [7, 11) is 0. The number of carboxylic acids is 1. The highest BCUT2D eigenvalue weighted by Gasteiger charge is 2.70. The molecular formula is C37H51FO3. The lowest BCUT2D eigenvalue weighted by Crippen LogP contribution is -2.65. The molecule has 2 N–H and O–H groups in total. The van der Waals surface area contributed by atoms with E-state index in [0.717, 1.165) is 31.2 Å². The lowest BCUT2D eigenvalue weighted by Gasteiger charge is -2.72. The topological polar surface area (TPSA) is 57.5 Å². The van der Waals surface area contributed by atoms with Gasteiger partial charge in [0.15, 0.2) is 0 Å². The number of carboxylic acid groups (broad SMARTS) is 1. The molecule has 0 bridgehead atoms. The van der Waals surface area contributed by atoms with Crippen molar-refractivity contribution in [3.05, 3.63) is 53.4 Å². The number of rotatable bonds is 4. The fourth-order valence-corrected chi connectivity index (χ4v) is 12.5. The van der Waals surface area contributed by atoms with Crippen molar-refractivity contribution in [2.45, 2.75) is 99.3 Å². The summed E-state index contributed by atoms with van der Waals surface area (Å²) < 4.78 is 14.8. The standard InChI is InChI=1S/C37H51FO3/c1-22(2)24-12-17-37(21-39)19-18-35(6)27(31(24)37)10-11-30-34(5)15-13-26(23-8-9-25(32(40)41)28(38)20-23)33(3,4)29(34)14-16-36(30,35)7/h8-9,13,20,24,27,29-31,39H,1,10-12,14-19,21H2,2-7H3,(H,40,41)/t24-,27+,29-,30+,31+,34-,35+,36+,37+/m0/s1. The minimum absolute atomic E-state index is 0.0774. The van der Waals surface area contributed by atoms with E-state index in [1.165, 1.54) is 55.4 Å². The van der Waals surface area contributed by atoms with E-state index in [4.69, 9.17) is 0 Å². The van der Waals surface area contributed by atoms with Crippen LogP contribution in [0.5, 0.6) is 0 Å². The Morgan fingerprint density at radius 2 is 1.71 bits per heavy atom. The van der Waals surface area contributed by atoms with Crippen LogP contribution < -0.4 is 0 Å². The Balaban J connectivity index is 1.37. The molecule has 4 fully saturated rings. The largest absolute Gasteiger partial charge is 0.478 e. The zero-order valence-corrected chi connectivity index (χ0v) is 26.2. The molecule has 3 nitrogen and oxygen atoms in total. The highest BCUT2D eigenvalue weighted by atomic mass is 19.1. The molecule has 1 aromatic rings. The average Bonchev–Trinajstić information content (AvgIpc) is 3.29. The average molecular weight is 563 g/mol. The minimum Gasteiger partial charge on any atom is -0.478 e. The van der Waals surface area contributed by atoms with Crippen LogP contribution in [0.1, 0.15) is 115 Å². The first-order valence-corrected chi connectivity index (χ1v) is 16.2. The summed E-state index contributed by atoms with van der Waals surface area (Å²) in [6.07, 6.45) is 12.9. The van der Waals surface area contributed by atoms with E-state index in [9.17, 15) is 19.4 Å². The number of hydrogen-bond donors (Lipinski definition) is 2. The minimum atomic E-state index is -1.22. The van der Waals surface area contributed by atoms with E-state index in [0.29, 0.717) is 36.2 Å². The van der Waals surface area contributed by atoms with Gasteiger partial charge in [0.1, 0.15) is 5.82 Å². The molecule has 0 unspecified atom stereocenters. The fourth-order valence-electron chi connectivity index (χ4n) is 12.5. The second-order valence-corrected chi connectivity index (χ2v) is 16.2. The third-order valence-corrected chi connectivity index (χ3v) is 14.6. The quantitative estimate of drug-likeness (QED) is 0.360. The van der Waals surface area contributed by atoms with Gasteiger partial charge in [0.05, 0.1) is 5.56 Å². The zero-order valence-electron chi connectivity index (χ0n) is 26.2. The van der Waals surface area contributed by atoms with Crippen molar-refractivity contribution in [2.24, 2.45) is 56.7 Å². The maximum atomic E-state index is 14.8. The van der Waals surface area contributed by atoms with Gasteiger partial charge in [0.2, 0.25) is 0 Å². The van der Waals surface area contributed by atoms with Crippen LogP contribution in [0, 0.1) is 62.5 Å². The molecule has 0 spiro atoms. The second kappa shape index (κ2) is 9.28. The first-order chi connectivity index (χ1) is 19.2. The second-order valence-electron chi connectivity index (χ2n) is 16.2. The van der Waals surface area contributed by atoms with Gasteiger partial charge in [0.25, 0.3) is 0 Å². The molecule has 1 aromatic carbocycles. The molecule has 0 heterocycles. The van der Waals surface area contributed by atoms with Crippen molar-refractivity contribution >= 4 is 11.5 Å². The summed E-state index contributed by atoms with van der Waals surface area (Å²) in [4.78, 5) is 11.4. The normalized spacial score (nSPS) is 44.6. The van der Waals surface area contributed by atoms with Gasteiger partial charge in [-0.15, -0.1) is 0 Å². The Morgan fingerprint density at radius 3 is 2.34 bits per heavy atom. The van der Waals surface area contributed by atoms with Gasteiger partial charge in [-0.1, -0.05) is 58.9 Å². The molecule has 4 heteroatoms. The maximum absolute atomic E-state index is 14.8. The van der Waals surface area contributed by atoms with Gasteiger partial charge in [-0.2, -0.15) is 0 Å². The molecule has 6 rings (SSSR count). The third-order valence-electron chi connectivity index (χ3n) is 14.6. The highest BCUT2D eigenvalue weighted by molar-refractivity contribution is 5.88. The van der Waals surface area contributed by atoms with Crippen LogP contribution in [-0.2, 0) is 0 Å². The molecule has 0 aliphatic heterocycles. The van der Waals surface area contributed by atoms with E-state index in [1.807, 2.05) is 0 Å². The predicted octanol–water partition coefficient (Wildman–Crippen LogP) is 9.17. The molecule has 0 saturated heterocycles. The number of aromatic carboxylic acids is 1. The van der Waals surface area contributed by atoms with Crippen molar-refractivity contribution in [2.75, 3.05) is 6.61 Å². The summed E-state index contributed by atoms with van der Waals surface area (Å²) in [5, 5.41) is 20.1. The van der Waals surface area contributed by atoms with Crippen LogP contribution in [0.2, 0.25) is 0 Å². The van der Waals surface area contributed by atoms with E-state index in [1.54, 1.807) is 6.07 Å². The van der Waals surface area contributed by atoms with Crippen molar-refractivity contribution in [3.8, 4) is 0 Å². The number of fused-ring (bicyclic) bond motifs is 7. The summed E-state index contributed by atoms with van der Waals surface area (Å²) in [5.41, 5.74) is 3.62. The molecule has 41 heavy (non-hydrogen) atoms. The third kappa shape index (κ3) is 3.74. The Bertz CT molecular complexity index is 1310. The number of benzene rings is 1. The first-order valence-electron chi connectivity index (χ1n) is 16.2. The van der Waals surface area contributed by atoms with Crippen LogP contribution in [-0.4, -0.2) is 22.8 Å². The molecule has 0 radical (unpaired) electrons. The van der Waals surface area contributed by atoms with Gasteiger partial charge in [-0.25, -0.2) is 9.18 Å². The first kappa shape index (κ1) is 29.1. The number of hydrogen-bond acceptors (Lipinski definition) is 2. The summed E-state index contributed by atoms with van der Waals surface area (Å²) >= 11 is 0. The zero-order chi connectivity index (χ0) is 29.8. The van der Waals surface area contributed by atoms with E-state index >= 15 is 0 Å². The van der Waals surface area contributed by atoms with Gasteiger partial charge in [-0.3, -0.25) is 0 Å². The molecule has 224 valence electrons. The molecule has 4 saturated carbocycles. The number of aliphatic hydroxyl groups is 1. The van der Waals surface area contributed by atoms with Crippen LogP contribution in [0.15, 0.2) is 36.4 Å². The van der Waals surface area contributed by atoms with E-state index < -0.39 is 11.8 Å². The Morgan fingerprint density at radius 1 is 0.976 bits per heavy atom. The van der Waals surface area contributed by atoms with Crippen LogP contribution in [0.3, 0.4) is 0 Å². The predicted molar refractivity (Wildman–Crippen MR) is 163 cm³/mol. The van der Waals surface area contributed by atoms with Crippen LogP contribution in [0.4, 0.5) is 4.39 Å². The summed E-state index contributed by atoms with van der Waals surface area (Å²) in [6, 6.07) is 4.67. The number of halogens is 1. The van der Waals surface area contributed by atoms with Crippen molar-refractivity contribution < 1.29 is 19.4 Å². The Kier molecular flexibility index (Phi) is 6.60. The van der Waals surface area contributed by atoms with Crippen molar-refractivity contribution in [3.63, 3.8) is 0 Å². The molecule has 0 amide bonds. The smallest absolute Gasteiger partial charge is 0.338 e. The van der Waals surface area contributed by atoms with E-state index in [-0.39, 0.29) is 32.6 Å². The molecule has 0 aromatic heterocycles. The van der Waals surface area contributed by atoms with Gasteiger partial charge in [0, 0.05) is 6.61 Å².